The van der Waals surface area contributed by atoms with Gasteiger partial charge in [0.1, 0.15) is 12.4 Å². The molecule has 0 aromatic carbocycles. The molecule has 0 radical (unpaired) electrons. The third-order valence-corrected chi connectivity index (χ3v) is 2.42. The molecule has 0 amide bonds. The molecule has 1 aromatic rings. The second-order valence-electron chi connectivity index (χ2n) is 3.50. The number of nitrogens with two attached hydrogens (primary N) is 1. The van der Waals surface area contributed by atoms with Gasteiger partial charge >= 0.3 is 0 Å². The Hall–Kier alpha value is -1.52. The van der Waals surface area contributed by atoms with Gasteiger partial charge in [-0.15, -0.1) is 0 Å². The van der Waals surface area contributed by atoms with E-state index in [0.29, 0.717) is 24.1 Å². The van der Waals surface area contributed by atoms with E-state index in [2.05, 4.69) is 9.97 Å². The van der Waals surface area contributed by atoms with Crippen LogP contribution in [0, 0.1) is 0 Å². The normalized spacial score (nSPS) is 15.8. The summed E-state index contributed by atoms with van der Waals surface area (Å²) >= 11 is 0. The highest BCUT2D eigenvalue weighted by molar-refractivity contribution is 5.55. The molecule has 0 atom stereocenters. The van der Waals surface area contributed by atoms with E-state index in [1.807, 2.05) is 6.92 Å². The fraction of sp³-hybridized carbons (Fsp3) is 0.600. The van der Waals surface area contributed by atoms with Crippen molar-refractivity contribution in [3.63, 3.8) is 0 Å². The molecule has 15 heavy (non-hydrogen) atoms. The van der Waals surface area contributed by atoms with Gasteiger partial charge in [0.15, 0.2) is 5.69 Å². The van der Waals surface area contributed by atoms with Crippen LogP contribution in [0.4, 0.5) is 5.69 Å². The summed E-state index contributed by atoms with van der Waals surface area (Å²) in [6.07, 6.45) is 5.04. The summed E-state index contributed by atoms with van der Waals surface area (Å²) in [6.45, 7) is 2.41. The summed E-state index contributed by atoms with van der Waals surface area (Å²) in [5, 5.41) is 0. The highest BCUT2D eigenvalue weighted by atomic mass is 16.5. The van der Waals surface area contributed by atoms with Gasteiger partial charge < -0.3 is 15.2 Å². The molecule has 0 bridgehead atoms. The summed E-state index contributed by atoms with van der Waals surface area (Å²) in [4.78, 5) is 7.95. The number of nitrogens with zero attached hydrogens (tertiary/aromatic N) is 2. The maximum Gasteiger partial charge on any atom is 0.244 e. The molecule has 0 saturated heterocycles. The maximum atomic E-state index is 5.82. The lowest BCUT2D eigenvalue weighted by molar-refractivity contribution is 0.115. The van der Waals surface area contributed by atoms with Gasteiger partial charge in [-0.1, -0.05) is 0 Å². The molecule has 1 aliphatic carbocycles. The van der Waals surface area contributed by atoms with Crippen molar-refractivity contribution in [1.29, 1.82) is 0 Å². The van der Waals surface area contributed by atoms with Crippen LogP contribution in [0.1, 0.15) is 26.2 Å². The fourth-order valence-electron chi connectivity index (χ4n) is 1.36. The maximum absolute atomic E-state index is 5.82. The summed E-state index contributed by atoms with van der Waals surface area (Å²) in [7, 11) is 0. The van der Waals surface area contributed by atoms with E-state index in [-0.39, 0.29) is 6.10 Å². The quantitative estimate of drug-likeness (QED) is 0.811. The standard InChI is InChI=1S/C10H15N3O2/c1-2-14-9-8(11)10(13-6-12-9)15-7-4-3-5-7/h6-7H,2-5,11H2,1H3. The van der Waals surface area contributed by atoms with Crippen LogP contribution in [0.15, 0.2) is 6.33 Å². The summed E-state index contributed by atoms with van der Waals surface area (Å²) in [5.41, 5.74) is 6.22. The zero-order chi connectivity index (χ0) is 10.7. The minimum Gasteiger partial charge on any atom is -0.476 e. The van der Waals surface area contributed by atoms with Crippen LogP contribution in [-0.2, 0) is 0 Å². The van der Waals surface area contributed by atoms with Crippen LogP contribution in [0.2, 0.25) is 0 Å². The van der Waals surface area contributed by atoms with Gasteiger partial charge in [0.25, 0.3) is 0 Å². The van der Waals surface area contributed by atoms with Crippen LogP contribution in [-0.4, -0.2) is 22.7 Å². The van der Waals surface area contributed by atoms with E-state index in [9.17, 15) is 0 Å². The first kappa shape index (κ1) is 10.0. The Balaban J connectivity index is 2.11. The van der Waals surface area contributed by atoms with Crippen molar-refractivity contribution in [2.45, 2.75) is 32.3 Å². The minimum atomic E-state index is 0.261. The lowest BCUT2D eigenvalue weighted by Crippen LogP contribution is -2.25. The highest BCUT2D eigenvalue weighted by Crippen LogP contribution is 2.31. The average Bonchev–Trinajstić information content (AvgIpc) is 2.17. The van der Waals surface area contributed by atoms with E-state index in [1.54, 1.807) is 0 Å². The number of rotatable bonds is 4. The molecule has 1 heterocycles. The molecule has 5 heteroatoms. The Morgan fingerprint density at radius 2 is 2.13 bits per heavy atom. The fourth-order valence-corrected chi connectivity index (χ4v) is 1.36. The topological polar surface area (TPSA) is 70.3 Å². The van der Waals surface area contributed by atoms with E-state index < -0.39 is 0 Å². The summed E-state index contributed by atoms with van der Waals surface area (Å²) in [5.74, 6) is 0.847. The molecule has 5 nitrogen and oxygen atoms in total. The Morgan fingerprint density at radius 3 is 2.73 bits per heavy atom. The van der Waals surface area contributed by atoms with Crippen molar-refractivity contribution in [1.82, 2.24) is 9.97 Å². The molecule has 1 aromatic heterocycles. The zero-order valence-electron chi connectivity index (χ0n) is 8.77. The van der Waals surface area contributed by atoms with Crippen molar-refractivity contribution in [2.75, 3.05) is 12.3 Å². The van der Waals surface area contributed by atoms with E-state index >= 15 is 0 Å². The molecular formula is C10H15N3O2. The van der Waals surface area contributed by atoms with Gasteiger partial charge in [-0.05, 0) is 26.2 Å². The third kappa shape index (κ3) is 2.11. The molecular weight excluding hydrogens is 194 g/mol. The Kier molecular flexibility index (Phi) is 2.89. The monoisotopic (exact) mass is 209 g/mol. The molecule has 2 N–H and O–H groups in total. The van der Waals surface area contributed by atoms with Gasteiger partial charge in [0, 0.05) is 0 Å². The first-order chi connectivity index (χ1) is 7.31. The Labute approximate surface area is 88.6 Å². The lowest BCUT2D eigenvalue weighted by atomic mass is 9.96. The molecule has 1 fully saturated rings. The number of nitrogen functional groups attached to an aromatic ring is 1. The third-order valence-electron chi connectivity index (χ3n) is 2.42. The number of anilines is 1. The smallest absolute Gasteiger partial charge is 0.244 e. The van der Waals surface area contributed by atoms with Crippen molar-refractivity contribution in [2.24, 2.45) is 0 Å². The summed E-state index contributed by atoms with van der Waals surface area (Å²) < 4.78 is 10.9. The molecule has 82 valence electrons. The number of hydrogen-bond donors (Lipinski definition) is 1. The minimum absolute atomic E-state index is 0.261. The van der Waals surface area contributed by atoms with Crippen LogP contribution < -0.4 is 15.2 Å². The zero-order valence-corrected chi connectivity index (χ0v) is 8.77. The number of hydrogen-bond acceptors (Lipinski definition) is 5. The van der Waals surface area contributed by atoms with E-state index in [0.717, 1.165) is 12.8 Å². The first-order valence-electron chi connectivity index (χ1n) is 5.21. The van der Waals surface area contributed by atoms with Gasteiger partial charge in [-0.25, -0.2) is 0 Å². The van der Waals surface area contributed by atoms with Gasteiger partial charge in [0.05, 0.1) is 6.61 Å². The molecule has 0 aliphatic heterocycles. The van der Waals surface area contributed by atoms with Gasteiger partial charge in [0.2, 0.25) is 11.8 Å². The predicted octanol–water partition coefficient (Wildman–Crippen LogP) is 1.39. The first-order valence-corrected chi connectivity index (χ1v) is 5.21. The number of ether oxygens (including phenoxy) is 2. The second kappa shape index (κ2) is 4.33. The van der Waals surface area contributed by atoms with E-state index in [4.69, 9.17) is 15.2 Å². The lowest BCUT2D eigenvalue weighted by Gasteiger charge is -2.26. The van der Waals surface area contributed by atoms with Crippen molar-refractivity contribution in [3.8, 4) is 11.8 Å². The predicted molar refractivity (Wildman–Crippen MR) is 55.9 cm³/mol. The largest absolute Gasteiger partial charge is 0.476 e. The van der Waals surface area contributed by atoms with Crippen LogP contribution in [0.25, 0.3) is 0 Å². The molecule has 2 rings (SSSR count). The molecule has 1 saturated carbocycles. The van der Waals surface area contributed by atoms with Crippen LogP contribution in [0.3, 0.4) is 0 Å². The molecule has 0 unspecified atom stereocenters. The highest BCUT2D eigenvalue weighted by Gasteiger charge is 2.21. The van der Waals surface area contributed by atoms with Gasteiger partial charge in [-0.2, -0.15) is 9.97 Å². The Bertz CT molecular complexity index is 339. The van der Waals surface area contributed by atoms with Crippen LogP contribution in [0.5, 0.6) is 11.8 Å². The SMILES string of the molecule is CCOc1ncnc(OC2CCC2)c1N. The summed E-state index contributed by atoms with van der Waals surface area (Å²) in [6, 6.07) is 0. The molecule has 1 aliphatic rings. The van der Waals surface area contributed by atoms with Crippen molar-refractivity contribution < 1.29 is 9.47 Å². The molecule has 0 spiro atoms. The number of aromatic nitrogens is 2. The van der Waals surface area contributed by atoms with E-state index in [1.165, 1.54) is 12.7 Å². The van der Waals surface area contributed by atoms with Crippen molar-refractivity contribution in [3.05, 3.63) is 6.33 Å². The second-order valence-corrected chi connectivity index (χ2v) is 3.50. The van der Waals surface area contributed by atoms with Gasteiger partial charge in [-0.3, -0.25) is 0 Å². The Morgan fingerprint density at radius 1 is 1.40 bits per heavy atom. The van der Waals surface area contributed by atoms with Crippen molar-refractivity contribution >= 4 is 5.69 Å². The van der Waals surface area contributed by atoms with Crippen LogP contribution >= 0.6 is 0 Å². The average molecular weight is 209 g/mol.